The van der Waals surface area contributed by atoms with E-state index in [2.05, 4.69) is 5.32 Å². The smallest absolute Gasteiger partial charge is 0.327 e. The predicted molar refractivity (Wildman–Crippen MR) is 81.4 cm³/mol. The van der Waals surface area contributed by atoms with Crippen molar-refractivity contribution in [3.05, 3.63) is 35.6 Å². The van der Waals surface area contributed by atoms with E-state index in [0.717, 1.165) is 6.07 Å². The molecule has 0 bridgehead atoms. The molecule has 2 saturated heterocycles. The molecule has 3 rings (SSSR count). The number of nitrogens with one attached hydrogen (secondary N) is 1. The second-order valence-corrected chi connectivity index (χ2v) is 7.80. The van der Waals surface area contributed by atoms with Gasteiger partial charge in [-0.05, 0) is 26.0 Å². The van der Waals surface area contributed by atoms with E-state index in [9.17, 15) is 23.9 Å². The van der Waals surface area contributed by atoms with E-state index in [-0.39, 0.29) is 5.56 Å². The maximum Gasteiger partial charge on any atom is 0.327 e. The first kappa shape index (κ1) is 15.8. The molecule has 0 aromatic heterocycles. The third-order valence-electron chi connectivity index (χ3n) is 4.08. The Bertz CT molecular complexity index is 708. The quantitative estimate of drug-likeness (QED) is 0.805. The molecule has 2 amide bonds. The van der Waals surface area contributed by atoms with Crippen LogP contribution >= 0.6 is 11.8 Å². The summed E-state index contributed by atoms with van der Waals surface area (Å²) in [5.74, 6) is -2.88. The molecule has 0 aliphatic carbocycles. The highest BCUT2D eigenvalue weighted by Gasteiger charge is 2.64. The lowest BCUT2D eigenvalue weighted by atomic mass is 9.96. The van der Waals surface area contributed by atoms with Crippen molar-refractivity contribution in [3.8, 4) is 0 Å². The fourth-order valence-corrected chi connectivity index (χ4v) is 4.64. The minimum Gasteiger partial charge on any atom is -0.480 e. The van der Waals surface area contributed by atoms with Gasteiger partial charge in [0.05, 0.1) is 5.56 Å². The van der Waals surface area contributed by atoms with E-state index in [0.29, 0.717) is 0 Å². The highest BCUT2D eigenvalue weighted by atomic mass is 32.2. The standard InChI is InChI=1S/C15H15FN2O4S/c1-15(2)10(14(21)22)18-12(20)9(13(18)23-15)17-11(19)7-5-3-4-6-8(7)16/h3-6,9-10,13H,1-2H3,(H,17,19)(H,21,22)/t9-,10+,13+/m1/s1. The van der Waals surface area contributed by atoms with E-state index in [1.165, 1.54) is 34.9 Å². The number of hydrogen-bond donors (Lipinski definition) is 2. The summed E-state index contributed by atoms with van der Waals surface area (Å²) in [5.41, 5.74) is -0.143. The van der Waals surface area contributed by atoms with Gasteiger partial charge in [0, 0.05) is 4.75 Å². The Morgan fingerprint density at radius 3 is 2.61 bits per heavy atom. The Kier molecular flexibility index (Phi) is 3.59. The van der Waals surface area contributed by atoms with Crippen LogP contribution in [0, 0.1) is 5.82 Å². The molecule has 0 radical (unpaired) electrons. The summed E-state index contributed by atoms with van der Waals surface area (Å²) in [4.78, 5) is 37.1. The number of benzene rings is 1. The second-order valence-electron chi connectivity index (χ2n) is 6.03. The van der Waals surface area contributed by atoms with Crippen molar-refractivity contribution < 1.29 is 23.9 Å². The molecular weight excluding hydrogens is 323 g/mol. The number of thioether (sulfide) groups is 1. The Hall–Kier alpha value is -2.09. The number of nitrogens with zero attached hydrogens (tertiary/aromatic N) is 1. The fraction of sp³-hybridized carbons (Fsp3) is 0.400. The molecule has 0 unspecified atom stereocenters. The molecule has 2 aliphatic rings. The van der Waals surface area contributed by atoms with Crippen molar-refractivity contribution >= 4 is 29.5 Å². The number of fused-ring (bicyclic) bond motifs is 1. The van der Waals surface area contributed by atoms with Gasteiger partial charge in [0.15, 0.2) is 0 Å². The molecular formula is C15H15FN2O4S. The van der Waals surface area contributed by atoms with E-state index < -0.39 is 45.8 Å². The Labute approximate surface area is 136 Å². The topological polar surface area (TPSA) is 86.7 Å². The summed E-state index contributed by atoms with van der Waals surface area (Å²) in [5, 5.41) is 11.4. The lowest BCUT2D eigenvalue weighted by Gasteiger charge is -2.43. The molecule has 2 fully saturated rings. The molecule has 1 aromatic carbocycles. The molecule has 3 atom stereocenters. The van der Waals surface area contributed by atoms with Gasteiger partial charge in [-0.1, -0.05) is 12.1 Å². The van der Waals surface area contributed by atoms with Crippen LogP contribution < -0.4 is 5.32 Å². The van der Waals surface area contributed by atoms with Gasteiger partial charge in [0.2, 0.25) is 5.91 Å². The average molecular weight is 338 g/mol. The van der Waals surface area contributed by atoms with Gasteiger partial charge in [-0.25, -0.2) is 9.18 Å². The number of rotatable bonds is 3. The first-order valence-electron chi connectivity index (χ1n) is 7.02. The zero-order valence-corrected chi connectivity index (χ0v) is 13.3. The van der Waals surface area contributed by atoms with Gasteiger partial charge in [-0.2, -0.15) is 0 Å². The number of β-lactam (4-membered cyclic amide) rings is 1. The minimum atomic E-state index is -1.07. The van der Waals surface area contributed by atoms with Gasteiger partial charge in [0.25, 0.3) is 5.91 Å². The minimum absolute atomic E-state index is 0.143. The number of carbonyl (C=O) groups is 3. The maximum atomic E-state index is 13.6. The molecule has 0 spiro atoms. The number of amides is 2. The zero-order chi connectivity index (χ0) is 16.9. The summed E-state index contributed by atoms with van der Waals surface area (Å²) in [6.07, 6.45) is 0. The predicted octanol–water partition coefficient (Wildman–Crippen LogP) is 1.07. The summed E-state index contributed by atoms with van der Waals surface area (Å²) in [6, 6.07) is 3.72. The summed E-state index contributed by atoms with van der Waals surface area (Å²) in [6.45, 7) is 3.50. The van der Waals surface area contributed by atoms with Gasteiger partial charge in [0.1, 0.15) is 23.3 Å². The van der Waals surface area contributed by atoms with Crippen LogP contribution in [0.2, 0.25) is 0 Å². The van der Waals surface area contributed by atoms with Crippen molar-refractivity contribution in [2.24, 2.45) is 0 Å². The van der Waals surface area contributed by atoms with Gasteiger partial charge >= 0.3 is 5.97 Å². The number of hydrogen-bond acceptors (Lipinski definition) is 4. The van der Waals surface area contributed by atoms with Crippen LogP contribution in [-0.2, 0) is 9.59 Å². The summed E-state index contributed by atoms with van der Waals surface area (Å²) >= 11 is 1.32. The van der Waals surface area contributed by atoms with Crippen molar-refractivity contribution in [1.29, 1.82) is 0 Å². The molecule has 2 heterocycles. The molecule has 1 aromatic rings. The van der Waals surface area contributed by atoms with E-state index >= 15 is 0 Å². The van der Waals surface area contributed by atoms with Crippen LogP contribution in [0.15, 0.2) is 24.3 Å². The average Bonchev–Trinajstić information content (AvgIpc) is 2.73. The van der Waals surface area contributed by atoms with Crippen molar-refractivity contribution in [1.82, 2.24) is 10.2 Å². The van der Waals surface area contributed by atoms with Crippen molar-refractivity contribution in [3.63, 3.8) is 0 Å². The number of aliphatic carboxylic acids is 1. The maximum absolute atomic E-state index is 13.6. The largest absolute Gasteiger partial charge is 0.480 e. The van der Waals surface area contributed by atoms with E-state index in [1.807, 2.05) is 0 Å². The van der Waals surface area contributed by atoms with Crippen LogP contribution in [-0.4, -0.2) is 50.0 Å². The van der Waals surface area contributed by atoms with E-state index in [1.54, 1.807) is 13.8 Å². The summed E-state index contributed by atoms with van der Waals surface area (Å²) < 4.78 is 13.0. The molecule has 122 valence electrons. The highest BCUT2D eigenvalue weighted by molar-refractivity contribution is 8.01. The van der Waals surface area contributed by atoms with Crippen LogP contribution in [0.3, 0.4) is 0 Å². The Morgan fingerprint density at radius 1 is 1.35 bits per heavy atom. The third kappa shape index (κ3) is 2.37. The SMILES string of the molecule is CC1(C)S[C@H]2[C@H](NC(=O)c3ccccc3F)C(=O)N2[C@H]1C(=O)O. The molecule has 23 heavy (non-hydrogen) atoms. The Morgan fingerprint density at radius 2 is 2.00 bits per heavy atom. The lowest BCUT2D eigenvalue weighted by molar-refractivity contribution is -0.159. The molecule has 8 heteroatoms. The summed E-state index contributed by atoms with van der Waals surface area (Å²) in [7, 11) is 0. The number of halogens is 1. The molecule has 6 nitrogen and oxygen atoms in total. The zero-order valence-electron chi connectivity index (χ0n) is 12.4. The van der Waals surface area contributed by atoms with Gasteiger partial charge in [-0.3, -0.25) is 9.59 Å². The molecule has 2 N–H and O–H groups in total. The monoisotopic (exact) mass is 338 g/mol. The number of carboxylic acids is 1. The lowest BCUT2D eigenvalue weighted by Crippen LogP contribution is -2.70. The third-order valence-corrected chi connectivity index (χ3v) is 5.65. The van der Waals surface area contributed by atoms with Crippen LogP contribution in [0.25, 0.3) is 0 Å². The number of carbonyl (C=O) groups excluding carboxylic acids is 2. The van der Waals surface area contributed by atoms with Crippen LogP contribution in [0.5, 0.6) is 0 Å². The first-order chi connectivity index (χ1) is 10.7. The van der Waals surface area contributed by atoms with Crippen molar-refractivity contribution in [2.45, 2.75) is 36.1 Å². The van der Waals surface area contributed by atoms with Gasteiger partial charge in [-0.15, -0.1) is 11.8 Å². The van der Waals surface area contributed by atoms with Gasteiger partial charge < -0.3 is 15.3 Å². The van der Waals surface area contributed by atoms with Crippen LogP contribution in [0.1, 0.15) is 24.2 Å². The van der Waals surface area contributed by atoms with Crippen LogP contribution in [0.4, 0.5) is 4.39 Å². The first-order valence-corrected chi connectivity index (χ1v) is 7.90. The second kappa shape index (κ2) is 5.23. The molecule has 0 saturated carbocycles. The normalized spacial score (nSPS) is 28.0. The van der Waals surface area contributed by atoms with E-state index in [4.69, 9.17) is 0 Å². The highest BCUT2D eigenvalue weighted by Crippen LogP contribution is 2.50. The molecule has 2 aliphatic heterocycles. The fourth-order valence-electron chi connectivity index (χ4n) is 3.01. The van der Waals surface area contributed by atoms with Crippen molar-refractivity contribution in [2.75, 3.05) is 0 Å². The Balaban J connectivity index is 1.78. The number of carboxylic acid groups (broad SMARTS) is 1.